The highest BCUT2D eigenvalue weighted by Gasteiger charge is 2.24. The minimum atomic E-state index is -0.642. The largest absolute Gasteiger partial charge is 0.496 e. The van der Waals surface area contributed by atoms with Crippen molar-refractivity contribution in [1.29, 1.82) is 0 Å². The number of methoxy groups -OCH3 is 2. The number of rotatable bonds is 6. The van der Waals surface area contributed by atoms with Crippen molar-refractivity contribution in [3.05, 3.63) is 23.8 Å². The third-order valence-corrected chi connectivity index (χ3v) is 4.42. The van der Waals surface area contributed by atoms with Gasteiger partial charge in [0.2, 0.25) is 0 Å². The summed E-state index contributed by atoms with van der Waals surface area (Å²) in [5, 5.41) is 2.95. The van der Waals surface area contributed by atoms with Crippen molar-refractivity contribution in [2.24, 2.45) is 5.92 Å². The molecule has 2 atom stereocenters. The monoisotopic (exact) mass is 335 g/mol. The minimum absolute atomic E-state index is 0.158. The predicted octanol–water partition coefficient (Wildman–Crippen LogP) is 2.56. The van der Waals surface area contributed by atoms with Gasteiger partial charge in [-0.2, -0.15) is 0 Å². The fraction of sp³-hybridized carbons (Fsp3) is 0.556. The molecule has 1 aromatic rings. The van der Waals surface area contributed by atoms with E-state index in [-0.39, 0.29) is 24.1 Å². The quantitative estimate of drug-likeness (QED) is 0.809. The number of carbonyl (C=O) groups is 2. The first-order valence-electron chi connectivity index (χ1n) is 8.24. The second kappa shape index (κ2) is 8.57. The minimum Gasteiger partial charge on any atom is -0.496 e. The van der Waals surface area contributed by atoms with E-state index in [0.29, 0.717) is 17.4 Å². The van der Waals surface area contributed by atoms with Crippen LogP contribution in [0.3, 0.4) is 0 Å². The lowest BCUT2D eigenvalue weighted by molar-refractivity contribution is -0.125. The maximum atomic E-state index is 12.3. The van der Waals surface area contributed by atoms with Crippen molar-refractivity contribution in [1.82, 2.24) is 5.32 Å². The molecule has 132 valence electrons. The van der Waals surface area contributed by atoms with Gasteiger partial charge in [0, 0.05) is 6.04 Å². The number of hydrogen-bond donors (Lipinski definition) is 1. The number of nitrogens with one attached hydrogen (secondary N) is 1. The summed E-state index contributed by atoms with van der Waals surface area (Å²) in [5.74, 6) is 0.223. The van der Waals surface area contributed by atoms with Gasteiger partial charge in [0.15, 0.2) is 6.61 Å². The van der Waals surface area contributed by atoms with Crippen LogP contribution in [0.4, 0.5) is 0 Å². The first-order chi connectivity index (χ1) is 11.6. The normalized spacial score (nSPS) is 20.1. The van der Waals surface area contributed by atoms with E-state index in [9.17, 15) is 9.59 Å². The Hall–Kier alpha value is -2.24. The van der Waals surface area contributed by atoms with Crippen molar-refractivity contribution in [2.45, 2.75) is 38.6 Å². The molecular weight excluding hydrogens is 310 g/mol. The molecule has 0 heterocycles. The van der Waals surface area contributed by atoms with Gasteiger partial charge in [0.1, 0.15) is 17.1 Å². The highest BCUT2D eigenvalue weighted by atomic mass is 16.5. The van der Waals surface area contributed by atoms with Crippen LogP contribution < -0.4 is 14.8 Å². The fourth-order valence-electron chi connectivity index (χ4n) is 3.03. The van der Waals surface area contributed by atoms with Gasteiger partial charge in [0.05, 0.1) is 14.2 Å². The van der Waals surface area contributed by atoms with Crippen molar-refractivity contribution in [2.75, 3.05) is 20.8 Å². The Morgan fingerprint density at radius 1 is 1.12 bits per heavy atom. The molecule has 0 radical (unpaired) electrons. The Morgan fingerprint density at radius 2 is 1.75 bits per heavy atom. The summed E-state index contributed by atoms with van der Waals surface area (Å²) in [6, 6.07) is 5.16. The van der Waals surface area contributed by atoms with E-state index in [1.165, 1.54) is 20.6 Å². The molecule has 1 aromatic carbocycles. The molecule has 0 aromatic heterocycles. The molecule has 24 heavy (non-hydrogen) atoms. The summed E-state index contributed by atoms with van der Waals surface area (Å²) in [4.78, 5) is 24.4. The van der Waals surface area contributed by atoms with E-state index >= 15 is 0 Å². The molecule has 0 bridgehead atoms. The zero-order valence-corrected chi connectivity index (χ0v) is 14.5. The molecule has 1 saturated carbocycles. The van der Waals surface area contributed by atoms with Gasteiger partial charge in [-0.15, -0.1) is 0 Å². The molecule has 1 aliphatic carbocycles. The van der Waals surface area contributed by atoms with Crippen LogP contribution in [-0.4, -0.2) is 38.7 Å². The van der Waals surface area contributed by atoms with Gasteiger partial charge in [-0.25, -0.2) is 4.79 Å². The average Bonchev–Trinajstić information content (AvgIpc) is 2.60. The molecular formula is C18H25NO5. The molecule has 1 N–H and O–H groups in total. The summed E-state index contributed by atoms with van der Waals surface area (Å²) >= 11 is 0. The van der Waals surface area contributed by atoms with Crippen molar-refractivity contribution >= 4 is 11.9 Å². The maximum Gasteiger partial charge on any atom is 0.346 e. The van der Waals surface area contributed by atoms with Gasteiger partial charge in [-0.3, -0.25) is 4.79 Å². The van der Waals surface area contributed by atoms with Gasteiger partial charge in [0.25, 0.3) is 5.91 Å². The summed E-state index contributed by atoms with van der Waals surface area (Å²) < 4.78 is 15.5. The number of carbonyl (C=O) groups excluding carboxylic acids is 2. The Bertz CT molecular complexity index is 565. The summed E-state index contributed by atoms with van der Waals surface area (Å²) in [7, 11) is 2.92. The molecule has 6 nitrogen and oxygen atoms in total. The predicted molar refractivity (Wildman–Crippen MR) is 89.4 cm³/mol. The zero-order valence-electron chi connectivity index (χ0n) is 14.5. The highest BCUT2D eigenvalue weighted by Crippen LogP contribution is 2.29. The SMILES string of the molecule is COc1cccc(OC)c1C(=O)OCC(=O)N[C@@H]1CCCC[C@@H]1C. The zero-order chi connectivity index (χ0) is 17.5. The van der Waals surface area contributed by atoms with Crippen molar-refractivity contribution in [3.63, 3.8) is 0 Å². The van der Waals surface area contributed by atoms with Gasteiger partial charge >= 0.3 is 5.97 Å². The number of amides is 1. The number of esters is 1. The average molecular weight is 335 g/mol. The van der Waals surface area contributed by atoms with Crippen LogP contribution in [0.25, 0.3) is 0 Å². The molecule has 1 fully saturated rings. The van der Waals surface area contributed by atoms with E-state index in [1.807, 2.05) is 0 Å². The van der Waals surface area contributed by atoms with Crippen LogP contribution in [0.5, 0.6) is 11.5 Å². The Balaban J connectivity index is 1.94. The van der Waals surface area contributed by atoms with Gasteiger partial charge in [-0.1, -0.05) is 25.8 Å². The van der Waals surface area contributed by atoms with Crippen molar-refractivity contribution < 1.29 is 23.8 Å². The summed E-state index contributed by atoms with van der Waals surface area (Å²) in [5.41, 5.74) is 0.182. The first kappa shape index (κ1) is 18.1. The molecule has 6 heteroatoms. The van der Waals surface area contributed by atoms with Crippen LogP contribution in [0.2, 0.25) is 0 Å². The van der Waals surface area contributed by atoms with Gasteiger partial charge in [-0.05, 0) is 30.9 Å². The topological polar surface area (TPSA) is 73.9 Å². The van der Waals surface area contributed by atoms with Gasteiger partial charge < -0.3 is 19.5 Å². The Labute approximate surface area is 142 Å². The molecule has 0 spiro atoms. The molecule has 0 aliphatic heterocycles. The summed E-state index contributed by atoms with van der Waals surface area (Å²) in [6.07, 6.45) is 4.41. The molecule has 2 rings (SSSR count). The van der Waals surface area contributed by atoms with E-state index in [0.717, 1.165) is 19.3 Å². The van der Waals surface area contributed by atoms with E-state index < -0.39 is 5.97 Å². The van der Waals surface area contributed by atoms with Crippen molar-refractivity contribution in [3.8, 4) is 11.5 Å². The van der Waals surface area contributed by atoms with Crippen LogP contribution in [-0.2, 0) is 9.53 Å². The number of hydrogen-bond acceptors (Lipinski definition) is 5. The van der Waals surface area contributed by atoms with E-state index in [1.54, 1.807) is 18.2 Å². The Morgan fingerprint density at radius 3 is 2.33 bits per heavy atom. The third-order valence-electron chi connectivity index (χ3n) is 4.42. The number of benzene rings is 1. The first-order valence-corrected chi connectivity index (χ1v) is 8.24. The molecule has 0 unspecified atom stereocenters. The van der Waals surface area contributed by atoms with Crippen LogP contribution in [0.15, 0.2) is 18.2 Å². The molecule has 0 saturated heterocycles. The highest BCUT2D eigenvalue weighted by molar-refractivity contribution is 5.96. The number of ether oxygens (including phenoxy) is 3. The lowest BCUT2D eigenvalue weighted by Gasteiger charge is -2.29. The molecule has 1 amide bonds. The van der Waals surface area contributed by atoms with E-state index in [2.05, 4.69) is 12.2 Å². The lowest BCUT2D eigenvalue weighted by atomic mass is 9.86. The molecule has 1 aliphatic rings. The second-order valence-electron chi connectivity index (χ2n) is 6.05. The second-order valence-corrected chi connectivity index (χ2v) is 6.05. The van der Waals surface area contributed by atoms with Crippen LogP contribution in [0.1, 0.15) is 43.0 Å². The maximum absolute atomic E-state index is 12.3. The summed E-state index contributed by atoms with van der Waals surface area (Å²) in [6.45, 7) is 1.82. The third kappa shape index (κ3) is 4.40. The van der Waals surface area contributed by atoms with Crippen LogP contribution >= 0.6 is 0 Å². The van der Waals surface area contributed by atoms with Crippen LogP contribution in [0, 0.1) is 5.92 Å². The standard InChI is InChI=1S/C18H25NO5/c1-12-7-4-5-8-13(12)19-16(20)11-24-18(21)17-14(22-2)9-6-10-15(17)23-3/h6,9-10,12-13H,4-5,7-8,11H2,1-3H3,(H,19,20)/t12-,13+/m0/s1. The van der Waals surface area contributed by atoms with E-state index in [4.69, 9.17) is 14.2 Å². The fourth-order valence-corrected chi connectivity index (χ4v) is 3.03. The Kier molecular flexibility index (Phi) is 6.46. The smallest absolute Gasteiger partial charge is 0.346 e. The lowest BCUT2D eigenvalue weighted by Crippen LogP contribution is -2.42.